The van der Waals surface area contributed by atoms with Gasteiger partial charge in [-0.3, -0.25) is 9.59 Å². The van der Waals surface area contributed by atoms with E-state index in [1.165, 1.54) is 0 Å². The first-order valence-corrected chi connectivity index (χ1v) is 5.85. The summed E-state index contributed by atoms with van der Waals surface area (Å²) in [6, 6.07) is 0. The molecule has 1 heterocycles. The molecule has 1 saturated heterocycles. The van der Waals surface area contributed by atoms with Crippen LogP contribution in [0.3, 0.4) is 0 Å². The van der Waals surface area contributed by atoms with Crippen molar-refractivity contribution in [2.75, 3.05) is 0 Å². The van der Waals surface area contributed by atoms with Gasteiger partial charge in [0.2, 0.25) is 0 Å². The van der Waals surface area contributed by atoms with Crippen LogP contribution in [0, 0.1) is 22.2 Å². The predicted octanol–water partition coefficient (Wildman–Crippen LogP) is 2.54. The van der Waals surface area contributed by atoms with E-state index < -0.39 is 0 Å². The first-order valence-electron chi connectivity index (χ1n) is 5.85. The van der Waals surface area contributed by atoms with Crippen LogP contribution in [0.15, 0.2) is 0 Å². The number of ether oxygens (including phenoxy) is 1. The summed E-state index contributed by atoms with van der Waals surface area (Å²) in [6.45, 7) is 10.6. The number of fused-ring (bicyclic) bond motifs is 1. The molecule has 0 bridgehead atoms. The van der Waals surface area contributed by atoms with Crippen LogP contribution in [-0.2, 0) is 14.3 Å². The third-order valence-electron chi connectivity index (χ3n) is 4.23. The largest absolute Gasteiger partial charge is 0.393 e. The number of hydrogen-bond donors (Lipinski definition) is 0. The van der Waals surface area contributed by atoms with Gasteiger partial charge in [0.25, 0.3) is 0 Å². The Labute approximate surface area is 96.5 Å². The zero-order valence-electron chi connectivity index (χ0n) is 10.7. The van der Waals surface area contributed by atoms with Crippen molar-refractivity contribution >= 4 is 11.9 Å². The molecule has 2 rings (SSSR count). The summed E-state index contributed by atoms with van der Waals surface area (Å²) >= 11 is 0. The first kappa shape index (κ1) is 11.6. The maximum Gasteiger partial charge on any atom is 0.317 e. The quantitative estimate of drug-likeness (QED) is 0.508. The number of hydrogen-bond acceptors (Lipinski definition) is 3. The Hall–Kier alpha value is -0.860. The van der Waals surface area contributed by atoms with Gasteiger partial charge < -0.3 is 4.74 Å². The number of rotatable bonds is 1. The molecular weight excluding hydrogens is 204 g/mol. The van der Waals surface area contributed by atoms with E-state index in [-0.39, 0.29) is 34.1 Å². The molecule has 0 N–H and O–H groups in total. The normalized spacial score (nSPS) is 36.7. The molecule has 0 aromatic carbocycles. The van der Waals surface area contributed by atoms with Crippen molar-refractivity contribution in [1.82, 2.24) is 0 Å². The molecule has 2 unspecified atom stereocenters. The summed E-state index contributed by atoms with van der Waals surface area (Å²) in [6.07, 6.45) is 1.30. The molecule has 1 aliphatic carbocycles. The average molecular weight is 224 g/mol. The van der Waals surface area contributed by atoms with Gasteiger partial charge in [0, 0.05) is 5.41 Å². The third-order valence-corrected chi connectivity index (χ3v) is 4.23. The summed E-state index contributed by atoms with van der Waals surface area (Å²) in [5.41, 5.74) is -0.120. The Morgan fingerprint density at radius 3 is 2.38 bits per heavy atom. The molecular formula is C13H20O3. The Morgan fingerprint density at radius 1 is 1.31 bits per heavy atom. The van der Waals surface area contributed by atoms with E-state index in [0.29, 0.717) is 6.42 Å². The van der Waals surface area contributed by atoms with E-state index in [9.17, 15) is 9.59 Å². The molecule has 3 nitrogen and oxygen atoms in total. The molecule has 90 valence electrons. The van der Waals surface area contributed by atoms with Gasteiger partial charge in [-0.1, -0.05) is 34.6 Å². The summed E-state index contributed by atoms with van der Waals surface area (Å²) < 4.78 is 4.74. The second kappa shape index (κ2) is 2.88. The van der Waals surface area contributed by atoms with E-state index in [2.05, 4.69) is 34.6 Å². The van der Waals surface area contributed by atoms with Crippen molar-refractivity contribution in [3.63, 3.8) is 0 Å². The minimum atomic E-state index is -0.351. The van der Waals surface area contributed by atoms with Crippen molar-refractivity contribution in [2.45, 2.75) is 47.5 Å². The lowest BCUT2D eigenvalue weighted by Gasteiger charge is -2.29. The van der Waals surface area contributed by atoms with Crippen molar-refractivity contribution in [1.29, 1.82) is 0 Å². The van der Waals surface area contributed by atoms with Crippen LogP contribution in [0.25, 0.3) is 0 Å². The van der Waals surface area contributed by atoms with E-state index in [1.54, 1.807) is 0 Å². The zero-order chi connectivity index (χ0) is 12.4. The molecule has 0 amide bonds. The number of esters is 2. The van der Waals surface area contributed by atoms with Crippen molar-refractivity contribution < 1.29 is 14.3 Å². The Kier molecular flexibility index (Phi) is 2.09. The minimum Gasteiger partial charge on any atom is -0.393 e. The molecule has 0 radical (unpaired) electrons. The van der Waals surface area contributed by atoms with Crippen molar-refractivity contribution in [2.24, 2.45) is 22.2 Å². The van der Waals surface area contributed by atoms with Gasteiger partial charge in [-0.15, -0.1) is 0 Å². The van der Waals surface area contributed by atoms with Gasteiger partial charge in [0.05, 0.1) is 12.3 Å². The maximum atomic E-state index is 11.7. The Morgan fingerprint density at radius 2 is 1.88 bits per heavy atom. The summed E-state index contributed by atoms with van der Waals surface area (Å²) in [4.78, 5) is 23.2. The van der Waals surface area contributed by atoms with Crippen LogP contribution in [0.5, 0.6) is 0 Å². The monoisotopic (exact) mass is 224 g/mol. The van der Waals surface area contributed by atoms with Gasteiger partial charge in [0.15, 0.2) is 0 Å². The van der Waals surface area contributed by atoms with Gasteiger partial charge in [-0.2, -0.15) is 0 Å². The number of carbonyl (C=O) groups is 2. The van der Waals surface area contributed by atoms with Crippen LogP contribution < -0.4 is 0 Å². The van der Waals surface area contributed by atoms with Crippen LogP contribution in [0.1, 0.15) is 47.5 Å². The summed E-state index contributed by atoms with van der Waals surface area (Å²) in [7, 11) is 0. The van der Waals surface area contributed by atoms with Crippen LogP contribution in [0.2, 0.25) is 0 Å². The Bertz CT molecular complexity index is 362. The third kappa shape index (κ3) is 1.40. The lowest BCUT2D eigenvalue weighted by molar-refractivity contribution is -0.166. The first-order chi connectivity index (χ1) is 7.10. The molecule has 2 aliphatic rings. The molecule has 0 spiro atoms. The molecule has 0 aromatic heterocycles. The topological polar surface area (TPSA) is 43.4 Å². The fourth-order valence-electron chi connectivity index (χ4n) is 3.60. The predicted molar refractivity (Wildman–Crippen MR) is 59.5 cm³/mol. The number of carbonyl (C=O) groups excluding carboxylic acids is 2. The minimum absolute atomic E-state index is 0.0862. The highest BCUT2D eigenvalue weighted by Crippen LogP contribution is 2.75. The van der Waals surface area contributed by atoms with E-state index >= 15 is 0 Å². The molecule has 0 aromatic rings. The smallest absolute Gasteiger partial charge is 0.317 e. The summed E-state index contributed by atoms with van der Waals surface area (Å²) in [5, 5.41) is 0. The highest BCUT2D eigenvalue weighted by atomic mass is 16.6. The zero-order valence-corrected chi connectivity index (χ0v) is 10.7. The van der Waals surface area contributed by atoms with Crippen LogP contribution in [0.4, 0.5) is 0 Å². The van der Waals surface area contributed by atoms with Gasteiger partial charge in [-0.05, 0) is 17.3 Å². The highest BCUT2D eigenvalue weighted by Gasteiger charge is 2.77. The van der Waals surface area contributed by atoms with Crippen LogP contribution >= 0.6 is 0 Å². The molecule has 3 heteroatoms. The second-order valence-corrected chi connectivity index (χ2v) is 7.02. The van der Waals surface area contributed by atoms with Crippen LogP contribution in [-0.4, -0.2) is 11.9 Å². The SMILES string of the molecule is CC(C)(C)CC12CC(=O)OC(=O)C1C2(C)C. The lowest BCUT2D eigenvalue weighted by Crippen LogP contribution is -2.30. The molecule has 1 saturated carbocycles. The van der Waals surface area contributed by atoms with E-state index in [1.807, 2.05) is 0 Å². The second-order valence-electron chi connectivity index (χ2n) is 7.02. The van der Waals surface area contributed by atoms with Gasteiger partial charge in [0.1, 0.15) is 0 Å². The summed E-state index contributed by atoms with van der Waals surface area (Å²) in [5.74, 6) is -0.751. The lowest BCUT2D eigenvalue weighted by atomic mass is 9.76. The average Bonchev–Trinajstić information content (AvgIpc) is 2.41. The van der Waals surface area contributed by atoms with Gasteiger partial charge >= 0.3 is 11.9 Å². The molecule has 2 atom stereocenters. The number of cyclic esters (lactones) is 2. The molecule has 16 heavy (non-hydrogen) atoms. The van der Waals surface area contributed by atoms with Gasteiger partial charge in [-0.25, -0.2) is 0 Å². The van der Waals surface area contributed by atoms with Crippen molar-refractivity contribution in [3.05, 3.63) is 0 Å². The fourth-order valence-corrected chi connectivity index (χ4v) is 3.60. The highest BCUT2D eigenvalue weighted by molar-refractivity contribution is 5.94. The van der Waals surface area contributed by atoms with Crippen molar-refractivity contribution in [3.8, 4) is 0 Å². The Balaban J connectivity index is 2.32. The standard InChI is InChI=1S/C13H20O3/c1-11(2,3)7-13-6-8(14)16-10(15)9(13)12(13,4)5/h9H,6-7H2,1-5H3. The molecule has 2 fully saturated rings. The van der Waals surface area contributed by atoms with E-state index in [4.69, 9.17) is 4.74 Å². The van der Waals surface area contributed by atoms with E-state index in [0.717, 1.165) is 6.42 Å². The fraction of sp³-hybridized carbons (Fsp3) is 0.846. The maximum absolute atomic E-state index is 11.7. The molecule has 1 aliphatic heterocycles.